The number of amides is 2. The van der Waals surface area contributed by atoms with Crippen LogP contribution in [0.2, 0.25) is 0 Å². The molecule has 0 aliphatic heterocycles. The van der Waals surface area contributed by atoms with Gasteiger partial charge >= 0.3 is 6.18 Å². The van der Waals surface area contributed by atoms with Crippen molar-refractivity contribution in [1.82, 2.24) is 0 Å². The maximum absolute atomic E-state index is 13.0. The summed E-state index contributed by atoms with van der Waals surface area (Å²) in [7, 11) is 0. The highest BCUT2D eigenvalue weighted by Crippen LogP contribution is 2.35. The molecule has 1 unspecified atom stereocenters. The van der Waals surface area contributed by atoms with Crippen LogP contribution in [0.1, 0.15) is 35.2 Å². The van der Waals surface area contributed by atoms with Crippen molar-refractivity contribution in [2.75, 3.05) is 10.6 Å². The fourth-order valence-electron chi connectivity index (χ4n) is 2.89. The Labute approximate surface area is 158 Å². The summed E-state index contributed by atoms with van der Waals surface area (Å²) in [6, 6.07) is 6.43. The van der Waals surface area contributed by atoms with Crippen LogP contribution in [0.3, 0.4) is 0 Å². The number of hydrogen-bond acceptors (Lipinski definition) is 3. The van der Waals surface area contributed by atoms with Gasteiger partial charge in [-0.15, -0.1) is 0 Å². The minimum atomic E-state index is -4.60. The fourth-order valence-corrected chi connectivity index (χ4v) is 3.72. The first-order valence-corrected chi connectivity index (χ1v) is 9.29. The van der Waals surface area contributed by atoms with Crippen molar-refractivity contribution < 1.29 is 22.8 Å². The van der Waals surface area contributed by atoms with Gasteiger partial charge in [0.25, 0.3) is 5.91 Å². The molecule has 8 heteroatoms. The number of anilines is 2. The van der Waals surface area contributed by atoms with Crippen LogP contribution in [-0.4, -0.2) is 11.8 Å². The molecule has 0 radical (unpaired) electrons. The lowest BCUT2D eigenvalue weighted by molar-refractivity contribution is -0.137. The number of carbonyl (C=O) groups is 2. The van der Waals surface area contributed by atoms with E-state index in [1.165, 1.54) is 6.07 Å². The average Bonchev–Trinajstić information content (AvgIpc) is 3.27. The monoisotopic (exact) mass is 394 g/mol. The summed E-state index contributed by atoms with van der Waals surface area (Å²) in [5.41, 5.74) is -0.817. The maximum Gasteiger partial charge on any atom is 0.417 e. The summed E-state index contributed by atoms with van der Waals surface area (Å²) in [6.07, 6.45) is 1.63. The number of carbonyl (C=O) groups excluding carboxylic acids is 2. The number of halogens is 3. The zero-order valence-corrected chi connectivity index (χ0v) is 15.0. The van der Waals surface area contributed by atoms with Crippen molar-refractivity contribution in [3.63, 3.8) is 0 Å². The third kappa shape index (κ3) is 4.77. The van der Waals surface area contributed by atoms with Crippen LogP contribution in [0.15, 0.2) is 47.2 Å². The lowest BCUT2D eigenvalue weighted by Gasteiger charge is -2.14. The van der Waals surface area contributed by atoms with Crippen LogP contribution in [0.25, 0.3) is 0 Å². The number of nitrogens with one attached hydrogen (secondary N) is 2. The Bertz CT molecular complexity index is 874. The molecule has 0 saturated heterocycles. The molecule has 1 heterocycles. The van der Waals surface area contributed by atoms with E-state index in [-0.39, 0.29) is 17.5 Å². The van der Waals surface area contributed by atoms with Gasteiger partial charge in [-0.3, -0.25) is 9.59 Å². The summed E-state index contributed by atoms with van der Waals surface area (Å²) in [6.45, 7) is 0. The Morgan fingerprint density at radius 1 is 1.11 bits per heavy atom. The average molecular weight is 394 g/mol. The van der Waals surface area contributed by atoms with Gasteiger partial charge in [0.1, 0.15) is 0 Å². The van der Waals surface area contributed by atoms with E-state index in [1.807, 2.05) is 12.2 Å². The van der Waals surface area contributed by atoms with Crippen molar-refractivity contribution in [3.05, 3.63) is 58.3 Å². The second-order valence-electron chi connectivity index (χ2n) is 6.21. The highest BCUT2D eigenvalue weighted by molar-refractivity contribution is 7.08. The molecule has 0 bridgehead atoms. The molecule has 142 valence electrons. The summed E-state index contributed by atoms with van der Waals surface area (Å²) in [5, 5.41) is 7.25. The number of allylic oxidation sites excluding steroid dienone is 2. The largest absolute Gasteiger partial charge is 0.417 e. The zero-order valence-electron chi connectivity index (χ0n) is 14.2. The quantitative estimate of drug-likeness (QED) is 0.675. The number of para-hydroxylation sites is 2. The predicted molar refractivity (Wildman–Crippen MR) is 98.8 cm³/mol. The van der Waals surface area contributed by atoms with Gasteiger partial charge in [0.15, 0.2) is 0 Å². The van der Waals surface area contributed by atoms with Crippen molar-refractivity contribution >= 4 is 34.5 Å². The summed E-state index contributed by atoms with van der Waals surface area (Å²) in [5.74, 6) is -0.893. The lowest BCUT2D eigenvalue weighted by Crippen LogP contribution is -2.19. The van der Waals surface area contributed by atoms with E-state index in [1.54, 1.807) is 18.2 Å². The van der Waals surface area contributed by atoms with Gasteiger partial charge < -0.3 is 10.6 Å². The van der Waals surface area contributed by atoms with Crippen LogP contribution >= 0.6 is 11.3 Å². The molecule has 1 aromatic heterocycles. The third-order valence-electron chi connectivity index (χ3n) is 4.22. The van der Waals surface area contributed by atoms with E-state index < -0.39 is 23.2 Å². The van der Waals surface area contributed by atoms with Gasteiger partial charge in [0.2, 0.25) is 5.91 Å². The number of thiophene rings is 1. The number of alkyl halides is 3. The van der Waals surface area contributed by atoms with Crippen LogP contribution in [-0.2, 0) is 11.0 Å². The molecule has 1 aromatic carbocycles. The van der Waals surface area contributed by atoms with E-state index in [0.29, 0.717) is 12.1 Å². The smallest absolute Gasteiger partial charge is 0.324 e. The van der Waals surface area contributed by atoms with Gasteiger partial charge in [0.05, 0.1) is 22.5 Å². The Kier molecular flexibility index (Phi) is 5.65. The first-order chi connectivity index (χ1) is 12.8. The summed E-state index contributed by atoms with van der Waals surface area (Å²) < 4.78 is 39.0. The molecule has 0 fully saturated rings. The maximum atomic E-state index is 13.0. The van der Waals surface area contributed by atoms with Crippen molar-refractivity contribution in [2.24, 2.45) is 5.92 Å². The topological polar surface area (TPSA) is 58.2 Å². The molecule has 0 spiro atoms. The molecule has 1 atom stereocenters. The number of rotatable bonds is 5. The Morgan fingerprint density at radius 2 is 1.81 bits per heavy atom. The van der Waals surface area contributed by atoms with Crippen LogP contribution in [0.5, 0.6) is 0 Å². The fraction of sp³-hybridized carbons (Fsp3) is 0.263. The Balaban J connectivity index is 1.72. The molecule has 1 aliphatic carbocycles. The van der Waals surface area contributed by atoms with E-state index in [2.05, 4.69) is 10.6 Å². The number of hydrogen-bond donors (Lipinski definition) is 2. The first kappa shape index (κ1) is 19.2. The number of benzene rings is 1. The highest BCUT2D eigenvalue weighted by atomic mass is 32.1. The first-order valence-electron chi connectivity index (χ1n) is 8.35. The van der Waals surface area contributed by atoms with Crippen LogP contribution < -0.4 is 10.6 Å². The standard InChI is InChI=1S/C19H17F3N2O2S/c20-19(21,22)14-11-27-10-13(14)18(26)24-16-8-4-3-7-15(16)23-17(25)9-12-5-1-2-6-12/h1,3-5,7-8,10-12H,2,6,9H2,(H,23,25)(H,24,26). The highest BCUT2D eigenvalue weighted by Gasteiger charge is 2.36. The Morgan fingerprint density at radius 3 is 2.44 bits per heavy atom. The van der Waals surface area contributed by atoms with E-state index >= 15 is 0 Å². The van der Waals surface area contributed by atoms with E-state index in [4.69, 9.17) is 0 Å². The van der Waals surface area contributed by atoms with Crippen molar-refractivity contribution in [2.45, 2.75) is 25.4 Å². The van der Waals surface area contributed by atoms with Gasteiger partial charge in [-0.25, -0.2) is 0 Å². The van der Waals surface area contributed by atoms with Gasteiger partial charge in [-0.05, 0) is 30.9 Å². The summed E-state index contributed by atoms with van der Waals surface area (Å²) in [4.78, 5) is 24.5. The normalized spacial score (nSPS) is 16.3. The van der Waals surface area contributed by atoms with Crippen molar-refractivity contribution in [3.8, 4) is 0 Å². The zero-order chi connectivity index (χ0) is 19.4. The van der Waals surface area contributed by atoms with Gasteiger partial charge in [-0.2, -0.15) is 24.5 Å². The SMILES string of the molecule is O=C(CC1C=CCC1)Nc1ccccc1NC(=O)c1cscc1C(F)(F)F. The molecule has 0 saturated carbocycles. The third-order valence-corrected chi connectivity index (χ3v) is 4.96. The Hall–Kier alpha value is -2.61. The van der Waals surface area contributed by atoms with Crippen molar-refractivity contribution in [1.29, 1.82) is 0 Å². The second-order valence-corrected chi connectivity index (χ2v) is 6.96. The minimum Gasteiger partial charge on any atom is -0.324 e. The predicted octanol–water partition coefficient (Wildman–Crippen LogP) is 5.31. The van der Waals surface area contributed by atoms with E-state index in [0.717, 1.165) is 34.9 Å². The molecular weight excluding hydrogens is 377 g/mol. The summed E-state index contributed by atoms with van der Waals surface area (Å²) >= 11 is 0.808. The molecule has 2 aromatic rings. The lowest BCUT2D eigenvalue weighted by atomic mass is 10.0. The molecule has 3 rings (SSSR count). The molecule has 4 nitrogen and oxygen atoms in total. The van der Waals surface area contributed by atoms with Crippen LogP contribution in [0.4, 0.5) is 24.5 Å². The van der Waals surface area contributed by atoms with Crippen LogP contribution in [0, 0.1) is 5.92 Å². The minimum absolute atomic E-state index is 0.187. The molecular formula is C19H17F3N2O2S. The molecule has 2 N–H and O–H groups in total. The second kappa shape index (κ2) is 7.96. The molecule has 27 heavy (non-hydrogen) atoms. The van der Waals surface area contributed by atoms with Gasteiger partial charge in [0, 0.05) is 17.2 Å². The van der Waals surface area contributed by atoms with E-state index in [9.17, 15) is 22.8 Å². The van der Waals surface area contributed by atoms with Gasteiger partial charge in [-0.1, -0.05) is 24.3 Å². The molecule has 2 amide bonds. The molecule has 1 aliphatic rings.